The molecule has 2 heterocycles. The number of hydrogen-bond acceptors (Lipinski definition) is 6. The molecule has 0 aromatic carbocycles. The highest BCUT2D eigenvalue weighted by Crippen LogP contribution is 2.23. The fourth-order valence-corrected chi connectivity index (χ4v) is 2.95. The van der Waals surface area contributed by atoms with E-state index in [1.165, 1.54) is 0 Å². The average Bonchev–Trinajstić information content (AvgIpc) is 2.78. The highest BCUT2D eigenvalue weighted by molar-refractivity contribution is 7.80. The first-order valence-electron chi connectivity index (χ1n) is 6.04. The minimum absolute atomic E-state index is 0.190. The number of hydrogen-bond donors (Lipinski definition) is 2. The van der Waals surface area contributed by atoms with Gasteiger partial charge in [-0.05, 0) is 38.3 Å². The lowest BCUT2D eigenvalue weighted by atomic mass is 9.87. The van der Waals surface area contributed by atoms with E-state index < -0.39 is 5.54 Å². The number of aromatic nitrogens is 2. The smallest absolute Gasteiger partial charge is 0.265 e. The highest BCUT2D eigenvalue weighted by atomic mass is 32.1. The van der Waals surface area contributed by atoms with Crippen LogP contribution in [0.2, 0.25) is 0 Å². The molecular formula is C11H17N5OS2. The van der Waals surface area contributed by atoms with Crippen molar-refractivity contribution in [1.82, 2.24) is 19.8 Å². The molecule has 8 heteroatoms. The molecule has 0 aliphatic carbocycles. The summed E-state index contributed by atoms with van der Waals surface area (Å²) >= 11 is 6.25. The Labute approximate surface area is 121 Å². The number of carbonyl (C=O) groups is 1. The van der Waals surface area contributed by atoms with Gasteiger partial charge in [0.15, 0.2) is 0 Å². The first-order chi connectivity index (χ1) is 8.94. The summed E-state index contributed by atoms with van der Waals surface area (Å²) < 4.78 is 3.77. The van der Waals surface area contributed by atoms with Gasteiger partial charge in [-0.1, -0.05) is 16.7 Å². The maximum Gasteiger partial charge on any atom is 0.265 e. The van der Waals surface area contributed by atoms with E-state index in [2.05, 4.69) is 19.8 Å². The standard InChI is InChI=1S/C11H17N5OS2/c1-7-8(19-15-14-7)9(17)13-11(10(12)18)3-5-16(2)6-4-11/h3-6H2,1-2H3,(H2,12,18)(H,13,17). The molecule has 0 bridgehead atoms. The quantitative estimate of drug-likeness (QED) is 0.782. The SMILES string of the molecule is Cc1nnsc1C(=O)NC1(C(N)=S)CCN(C)CC1. The number of likely N-dealkylation sites (tertiary alicyclic amines) is 1. The van der Waals surface area contributed by atoms with Crippen molar-refractivity contribution in [1.29, 1.82) is 0 Å². The Kier molecular flexibility index (Phi) is 4.12. The van der Waals surface area contributed by atoms with Crippen molar-refractivity contribution in [2.75, 3.05) is 20.1 Å². The van der Waals surface area contributed by atoms with Gasteiger partial charge in [0, 0.05) is 13.1 Å². The van der Waals surface area contributed by atoms with Crippen LogP contribution in [0.4, 0.5) is 0 Å². The second kappa shape index (κ2) is 5.48. The third-order valence-corrected chi connectivity index (χ3v) is 4.74. The zero-order valence-electron chi connectivity index (χ0n) is 11.0. The summed E-state index contributed by atoms with van der Waals surface area (Å²) in [5.41, 5.74) is 5.90. The third kappa shape index (κ3) is 2.90. The van der Waals surface area contributed by atoms with Gasteiger partial charge in [0.2, 0.25) is 0 Å². The lowest BCUT2D eigenvalue weighted by molar-refractivity contribution is 0.0893. The molecule has 1 saturated heterocycles. The van der Waals surface area contributed by atoms with Gasteiger partial charge in [-0.2, -0.15) is 0 Å². The van der Waals surface area contributed by atoms with Crippen LogP contribution in [0.1, 0.15) is 28.2 Å². The molecule has 0 atom stereocenters. The Morgan fingerprint density at radius 3 is 2.63 bits per heavy atom. The molecule has 1 fully saturated rings. The Morgan fingerprint density at radius 2 is 2.16 bits per heavy atom. The van der Waals surface area contributed by atoms with Crippen molar-refractivity contribution < 1.29 is 4.79 Å². The van der Waals surface area contributed by atoms with Crippen LogP contribution in [0.3, 0.4) is 0 Å². The molecule has 1 aliphatic heterocycles. The lowest BCUT2D eigenvalue weighted by Gasteiger charge is -2.40. The van der Waals surface area contributed by atoms with Crippen LogP contribution in [0, 0.1) is 6.92 Å². The van der Waals surface area contributed by atoms with Gasteiger partial charge in [-0.3, -0.25) is 4.79 Å². The van der Waals surface area contributed by atoms with Gasteiger partial charge in [0.05, 0.1) is 16.2 Å². The van der Waals surface area contributed by atoms with Crippen molar-refractivity contribution in [3.8, 4) is 0 Å². The number of nitrogens with one attached hydrogen (secondary N) is 1. The van der Waals surface area contributed by atoms with Gasteiger partial charge in [0.25, 0.3) is 5.91 Å². The molecule has 1 aliphatic rings. The molecule has 1 aromatic rings. The van der Waals surface area contributed by atoms with Crippen LogP contribution in [0.5, 0.6) is 0 Å². The summed E-state index contributed by atoms with van der Waals surface area (Å²) in [6.45, 7) is 3.48. The Hall–Kier alpha value is -1.12. The Balaban J connectivity index is 2.16. The van der Waals surface area contributed by atoms with Gasteiger partial charge in [-0.15, -0.1) is 5.10 Å². The predicted octanol–water partition coefficient (Wildman–Crippen LogP) is 0.327. The summed E-state index contributed by atoms with van der Waals surface area (Å²) in [5, 5.41) is 6.84. The molecule has 19 heavy (non-hydrogen) atoms. The molecular weight excluding hydrogens is 282 g/mol. The van der Waals surface area contributed by atoms with Crippen molar-refractivity contribution in [3.63, 3.8) is 0 Å². The van der Waals surface area contributed by atoms with Crippen LogP contribution in [0.25, 0.3) is 0 Å². The first kappa shape index (κ1) is 14.3. The van der Waals surface area contributed by atoms with Crippen molar-refractivity contribution in [2.45, 2.75) is 25.3 Å². The summed E-state index contributed by atoms with van der Waals surface area (Å²) in [6.07, 6.45) is 1.46. The van der Waals surface area contributed by atoms with E-state index in [4.69, 9.17) is 18.0 Å². The number of aryl methyl sites for hydroxylation is 1. The van der Waals surface area contributed by atoms with Crippen LogP contribution in [-0.4, -0.2) is 51.1 Å². The lowest BCUT2D eigenvalue weighted by Crippen LogP contribution is -2.61. The van der Waals surface area contributed by atoms with Crippen LogP contribution in [-0.2, 0) is 0 Å². The van der Waals surface area contributed by atoms with E-state index in [1.807, 2.05) is 7.05 Å². The van der Waals surface area contributed by atoms with Crippen molar-refractivity contribution >= 4 is 34.6 Å². The summed E-state index contributed by atoms with van der Waals surface area (Å²) in [4.78, 5) is 15.3. The fraction of sp³-hybridized carbons (Fsp3) is 0.636. The number of piperidine rings is 1. The third-order valence-electron chi connectivity index (χ3n) is 3.52. The Morgan fingerprint density at radius 1 is 1.53 bits per heavy atom. The van der Waals surface area contributed by atoms with Gasteiger partial charge < -0.3 is 16.0 Å². The zero-order chi connectivity index (χ0) is 14.0. The van der Waals surface area contributed by atoms with E-state index in [0.717, 1.165) is 37.5 Å². The van der Waals surface area contributed by atoms with E-state index in [1.54, 1.807) is 6.92 Å². The maximum atomic E-state index is 12.3. The molecule has 0 unspecified atom stereocenters. The van der Waals surface area contributed by atoms with Crippen LogP contribution < -0.4 is 11.1 Å². The minimum atomic E-state index is -0.588. The van der Waals surface area contributed by atoms with E-state index >= 15 is 0 Å². The predicted molar refractivity (Wildman–Crippen MR) is 78.4 cm³/mol. The average molecular weight is 299 g/mol. The molecule has 6 nitrogen and oxygen atoms in total. The van der Waals surface area contributed by atoms with Crippen LogP contribution in [0.15, 0.2) is 0 Å². The molecule has 0 saturated carbocycles. The summed E-state index contributed by atoms with van der Waals surface area (Å²) in [5.74, 6) is -0.190. The molecule has 2 rings (SSSR count). The van der Waals surface area contributed by atoms with E-state index in [-0.39, 0.29) is 5.91 Å². The fourth-order valence-electron chi connectivity index (χ4n) is 2.15. The van der Waals surface area contributed by atoms with Gasteiger partial charge in [0.1, 0.15) is 4.88 Å². The largest absolute Gasteiger partial charge is 0.391 e. The number of amides is 1. The topological polar surface area (TPSA) is 84.1 Å². The summed E-state index contributed by atoms with van der Waals surface area (Å²) in [7, 11) is 2.04. The number of thiocarbonyl (C=S) groups is 1. The normalized spacial score (nSPS) is 19.1. The number of carbonyl (C=O) groups excluding carboxylic acids is 1. The van der Waals surface area contributed by atoms with Crippen molar-refractivity contribution in [3.05, 3.63) is 10.6 Å². The van der Waals surface area contributed by atoms with Crippen molar-refractivity contribution in [2.24, 2.45) is 5.73 Å². The second-order valence-electron chi connectivity index (χ2n) is 4.89. The minimum Gasteiger partial charge on any atom is -0.391 e. The number of nitrogens with two attached hydrogens (primary N) is 1. The van der Waals surface area contributed by atoms with Crippen LogP contribution >= 0.6 is 23.8 Å². The molecule has 1 aromatic heterocycles. The van der Waals surface area contributed by atoms with Gasteiger partial charge in [-0.25, -0.2) is 0 Å². The molecule has 3 N–H and O–H groups in total. The molecule has 1 amide bonds. The molecule has 0 radical (unpaired) electrons. The second-order valence-corrected chi connectivity index (χ2v) is 6.09. The first-order valence-corrected chi connectivity index (χ1v) is 7.23. The number of rotatable bonds is 3. The zero-order valence-corrected chi connectivity index (χ0v) is 12.6. The highest BCUT2D eigenvalue weighted by Gasteiger charge is 2.38. The summed E-state index contributed by atoms with van der Waals surface area (Å²) in [6, 6.07) is 0. The monoisotopic (exact) mass is 299 g/mol. The Bertz CT molecular complexity index is 493. The van der Waals surface area contributed by atoms with Gasteiger partial charge >= 0.3 is 0 Å². The molecule has 0 spiro atoms. The van der Waals surface area contributed by atoms with E-state index in [0.29, 0.717) is 15.6 Å². The molecule has 104 valence electrons. The maximum absolute atomic E-state index is 12.3. The number of nitrogens with zero attached hydrogens (tertiary/aromatic N) is 3. The van der Waals surface area contributed by atoms with E-state index in [9.17, 15) is 4.79 Å².